The van der Waals surface area contributed by atoms with E-state index in [2.05, 4.69) is 27.1 Å². The lowest BCUT2D eigenvalue weighted by molar-refractivity contribution is 0.0948. The second-order valence-electron chi connectivity index (χ2n) is 8.92. The number of benzene rings is 2. The van der Waals surface area contributed by atoms with Crippen molar-refractivity contribution >= 4 is 11.9 Å². The molecular weight excluding hydrogens is 455 g/mol. The topological polar surface area (TPSA) is 84.7 Å². The number of halogens is 1. The van der Waals surface area contributed by atoms with Gasteiger partial charge in [0.2, 0.25) is 5.95 Å². The zero-order valence-electron chi connectivity index (χ0n) is 20.2. The molecule has 2 N–H and O–H groups in total. The van der Waals surface area contributed by atoms with Crippen LogP contribution in [-0.4, -0.2) is 38.5 Å². The molecule has 1 aliphatic rings. The lowest BCUT2D eigenvalue weighted by Crippen LogP contribution is -2.29. The van der Waals surface area contributed by atoms with Crippen LogP contribution in [0.5, 0.6) is 0 Å². The number of fused-ring (bicyclic) bond motifs is 1. The number of nitrogens with one attached hydrogen (secondary N) is 2. The van der Waals surface area contributed by atoms with Crippen LogP contribution in [0, 0.1) is 5.82 Å². The van der Waals surface area contributed by atoms with Crippen molar-refractivity contribution in [2.45, 2.75) is 38.6 Å². The number of hydrogen-bond acceptors (Lipinski definition) is 5. The van der Waals surface area contributed by atoms with Gasteiger partial charge in [0.05, 0.1) is 23.1 Å². The zero-order chi connectivity index (χ0) is 24.9. The molecule has 2 aromatic heterocycles. The summed E-state index contributed by atoms with van der Waals surface area (Å²) in [5.74, 6) is 1.10. The summed E-state index contributed by atoms with van der Waals surface area (Å²) >= 11 is 0. The highest BCUT2D eigenvalue weighted by molar-refractivity contribution is 5.94. The Morgan fingerprint density at radius 3 is 2.67 bits per heavy atom. The Balaban J connectivity index is 1.50. The maximum atomic E-state index is 13.7. The molecule has 3 heterocycles. The van der Waals surface area contributed by atoms with Gasteiger partial charge in [0.15, 0.2) is 0 Å². The van der Waals surface area contributed by atoms with Crippen molar-refractivity contribution in [3.8, 4) is 22.6 Å². The number of imidazole rings is 1. The molecule has 1 amide bonds. The first-order valence-corrected chi connectivity index (χ1v) is 12.4. The zero-order valence-corrected chi connectivity index (χ0v) is 20.2. The van der Waals surface area contributed by atoms with Crippen LogP contribution in [0.3, 0.4) is 0 Å². The second kappa shape index (κ2) is 10.7. The Hall–Kier alpha value is -4.07. The van der Waals surface area contributed by atoms with Gasteiger partial charge in [-0.1, -0.05) is 31.5 Å². The summed E-state index contributed by atoms with van der Waals surface area (Å²) in [5, 5.41) is 6.37. The number of amides is 1. The SMILES string of the molecule is CCCCNc1nccc(-c2c(-c3ccc(F)cc3)nc3n2C(CNC(=O)c2ccccc2)CC3)n1. The van der Waals surface area contributed by atoms with Crippen LogP contribution in [0.1, 0.15) is 48.4 Å². The Morgan fingerprint density at radius 1 is 1.08 bits per heavy atom. The van der Waals surface area contributed by atoms with E-state index in [0.717, 1.165) is 60.7 Å². The molecule has 0 saturated carbocycles. The Labute approximate surface area is 209 Å². The largest absolute Gasteiger partial charge is 0.354 e. The fraction of sp³-hybridized carbons (Fsp3) is 0.286. The molecule has 2 aromatic carbocycles. The first-order valence-electron chi connectivity index (χ1n) is 12.4. The fourth-order valence-electron chi connectivity index (χ4n) is 4.58. The number of carbonyl (C=O) groups is 1. The van der Waals surface area contributed by atoms with E-state index in [-0.39, 0.29) is 17.8 Å². The predicted octanol–water partition coefficient (Wildman–Crippen LogP) is 5.28. The van der Waals surface area contributed by atoms with Gasteiger partial charge in [-0.05, 0) is 55.3 Å². The van der Waals surface area contributed by atoms with E-state index in [9.17, 15) is 9.18 Å². The maximum Gasteiger partial charge on any atom is 0.251 e. The lowest BCUT2D eigenvalue weighted by Gasteiger charge is -2.18. The van der Waals surface area contributed by atoms with Gasteiger partial charge in [-0.15, -0.1) is 0 Å². The highest BCUT2D eigenvalue weighted by Crippen LogP contribution is 2.39. The molecule has 0 bridgehead atoms. The molecule has 184 valence electrons. The quantitative estimate of drug-likeness (QED) is 0.316. The molecule has 5 rings (SSSR count). The number of aromatic nitrogens is 4. The van der Waals surface area contributed by atoms with Crippen LogP contribution < -0.4 is 10.6 Å². The van der Waals surface area contributed by atoms with Crippen molar-refractivity contribution in [1.82, 2.24) is 24.8 Å². The number of nitrogens with zero attached hydrogens (tertiary/aromatic N) is 4. The monoisotopic (exact) mass is 484 g/mol. The Bertz CT molecular complexity index is 1340. The van der Waals surface area contributed by atoms with E-state index in [1.54, 1.807) is 30.5 Å². The number of unbranched alkanes of at least 4 members (excludes halogenated alkanes) is 1. The summed E-state index contributed by atoms with van der Waals surface area (Å²) in [6.45, 7) is 3.41. The van der Waals surface area contributed by atoms with Gasteiger partial charge >= 0.3 is 0 Å². The molecule has 0 saturated heterocycles. The van der Waals surface area contributed by atoms with Crippen LogP contribution in [0.4, 0.5) is 10.3 Å². The van der Waals surface area contributed by atoms with Crippen LogP contribution in [0.25, 0.3) is 22.6 Å². The Kier molecular flexibility index (Phi) is 7.02. The molecule has 4 aromatic rings. The van der Waals surface area contributed by atoms with Crippen LogP contribution in [0.15, 0.2) is 66.9 Å². The standard InChI is InChI=1S/C28H29FN6O/c1-2-3-16-30-28-31-17-15-23(33-28)26-25(19-9-11-21(29)12-10-19)34-24-14-13-22(35(24)26)18-32-27(36)20-7-5-4-6-8-20/h4-12,15,17,22H,2-3,13-14,16,18H2,1H3,(H,32,36)(H,30,31,33). The molecule has 0 fully saturated rings. The van der Waals surface area contributed by atoms with Crippen molar-refractivity contribution in [2.24, 2.45) is 0 Å². The Morgan fingerprint density at radius 2 is 1.89 bits per heavy atom. The highest BCUT2D eigenvalue weighted by Gasteiger charge is 2.31. The van der Waals surface area contributed by atoms with Crippen LogP contribution in [-0.2, 0) is 6.42 Å². The van der Waals surface area contributed by atoms with E-state index < -0.39 is 0 Å². The van der Waals surface area contributed by atoms with Crippen molar-refractivity contribution in [3.05, 3.63) is 84.1 Å². The first-order chi connectivity index (χ1) is 17.6. The number of carbonyl (C=O) groups excluding carboxylic acids is 1. The van der Waals surface area contributed by atoms with Crippen molar-refractivity contribution in [2.75, 3.05) is 18.4 Å². The molecule has 1 atom stereocenters. The minimum absolute atomic E-state index is 0.0239. The molecule has 36 heavy (non-hydrogen) atoms. The molecular formula is C28H29FN6O. The summed E-state index contributed by atoms with van der Waals surface area (Å²) in [6.07, 6.45) is 5.49. The number of hydrogen-bond donors (Lipinski definition) is 2. The molecule has 7 nitrogen and oxygen atoms in total. The summed E-state index contributed by atoms with van der Waals surface area (Å²) < 4.78 is 15.9. The lowest BCUT2D eigenvalue weighted by atomic mass is 10.1. The average Bonchev–Trinajstić information content (AvgIpc) is 3.48. The van der Waals surface area contributed by atoms with Crippen molar-refractivity contribution < 1.29 is 9.18 Å². The van der Waals surface area contributed by atoms with E-state index in [4.69, 9.17) is 9.97 Å². The third-order valence-corrected chi connectivity index (χ3v) is 6.41. The molecule has 1 unspecified atom stereocenters. The summed E-state index contributed by atoms with van der Waals surface area (Å²) in [7, 11) is 0. The maximum absolute atomic E-state index is 13.7. The first kappa shape index (κ1) is 23.7. The van der Waals surface area contributed by atoms with E-state index in [1.165, 1.54) is 12.1 Å². The van der Waals surface area contributed by atoms with E-state index in [1.807, 2.05) is 24.3 Å². The normalized spacial score (nSPS) is 14.4. The second-order valence-corrected chi connectivity index (χ2v) is 8.92. The van der Waals surface area contributed by atoms with Crippen LogP contribution in [0.2, 0.25) is 0 Å². The predicted molar refractivity (Wildman–Crippen MR) is 138 cm³/mol. The third kappa shape index (κ3) is 4.98. The van der Waals surface area contributed by atoms with Gasteiger partial charge in [-0.25, -0.2) is 19.3 Å². The van der Waals surface area contributed by atoms with Gasteiger partial charge in [0, 0.05) is 36.8 Å². The molecule has 8 heteroatoms. The third-order valence-electron chi connectivity index (χ3n) is 6.41. The average molecular weight is 485 g/mol. The molecule has 0 aliphatic carbocycles. The van der Waals surface area contributed by atoms with E-state index in [0.29, 0.717) is 18.1 Å². The van der Waals surface area contributed by atoms with Crippen LogP contribution >= 0.6 is 0 Å². The van der Waals surface area contributed by atoms with Crippen molar-refractivity contribution in [3.63, 3.8) is 0 Å². The molecule has 1 aliphatic heterocycles. The summed E-state index contributed by atoms with van der Waals surface area (Å²) in [5.41, 5.74) is 3.80. The smallest absolute Gasteiger partial charge is 0.251 e. The number of aryl methyl sites for hydroxylation is 1. The fourth-order valence-corrected chi connectivity index (χ4v) is 4.58. The number of rotatable bonds is 9. The van der Waals surface area contributed by atoms with E-state index >= 15 is 0 Å². The summed E-state index contributed by atoms with van der Waals surface area (Å²) in [4.78, 5) is 26.8. The number of anilines is 1. The highest BCUT2D eigenvalue weighted by atomic mass is 19.1. The van der Waals surface area contributed by atoms with Gasteiger partial charge < -0.3 is 15.2 Å². The molecule has 0 spiro atoms. The van der Waals surface area contributed by atoms with Gasteiger partial charge in [0.1, 0.15) is 11.6 Å². The van der Waals surface area contributed by atoms with Crippen molar-refractivity contribution in [1.29, 1.82) is 0 Å². The summed E-state index contributed by atoms with van der Waals surface area (Å²) in [6, 6.07) is 17.5. The van der Waals surface area contributed by atoms with Gasteiger partial charge in [-0.2, -0.15) is 0 Å². The van der Waals surface area contributed by atoms with Gasteiger partial charge in [-0.3, -0.25) is 4.79 Å². The minimum atomic E-state index is -0.294. The molecule has 0 radical (unpaired) electrons. The van der Waals surface area contributed by atoms with Gasteiger partial charge in [0.25, 0.3) is 5.91 Å². The minimum Gasteiger partial charge on any atom is -0.354 e.